The van der Waals surface area contributed by atoms with Crippen molar-refractivity contribution in [2.45, 2.75) is 32.3 Å². The number of carbonyl (C=O) groups excluding carboxylic acids is 1. The van der Waals surface area contributed by atoms with Crippen molar-refractivity contribution in [2.24, 2.45) is 0 Å². The highest BCUT2D eigenvalue weighted by Gasteiger charge is 2.27. The monoisotopic (exact) mass is 426 g/mol. The number of rotatable bonds is 7. The minimum absolute atomic E-state index is 0.0136. The summed E-state index contributed by atoms with van der Waals surface area (Å²) in [4.78, 5) is 20.1. The lowest BCUT2D eigenvalue weighted by atomic mass is 10.1. The molecule has 1 aromatic heterocycles. The van der Waals surface area contributed by atoms with Gasteiger partial charge in [-0.2, -0.15) is 0 Å². The molecule has 1 saturated heterocycles. The van der Waals surface area contributed by atoms with Crippen molar-refractivity contribution in [1.29, 1.82) is 0 Å². The Hall–Kier alpha value is -2.64. The standard InChI is InChI=1S/C23H26N2O4S/c1-4-15-7-8-20-21(10-15)30-23(24-20)25(14-17-6-5-9-29-17)22(26)16-11-18(27-2)13-19(12-16)28-3/h7-8,10-13,17H,4-6,9,14H2,1-3H3. The molecule has 1 unspecified atom stereocenters. The van der Waals surface area contributed by atoms with E-state index in [9.17, 15) is 4.79 Å². The Balaban J connectivity index is 1.73. The number of hydrogen-bond acceptors (Lipinski definition) is 6. The summed E-state index contributed by atoms with van der Waals surface area (Å²) in [5.74, 6) is 1.01. The normalized spacial score (nSPS) is 16.0. The molecule has 0 aliphatic carbocycles. The van der Waals surface area contributed by atoms with E-state index in [4.69, 9.17) is 19.2 Å². The predicted molar refractivity (Wildman–Crippen MR) is 119 cm³/mol. The number of ether oxygens (including phenoxy) is 3. The molecule has 0 bridgehead atoms. The number of benzene rings is 2. The van der Waals surface area contributed by atoms with Crippen molar-refractivity contribution in [3.05, 3.63) is 47.5 Å². The fourth-order valence-electron chi connectivity index (χ4n) is 3.62. The molecule has 1 aliphatic rings. The summed E-state index contributed by atoms with van der Waals surface area (Å²) in [5, 5.41) is 0.681. The Kier molecular flexibility index (Phi) is 6.20. The third-order valence-corrected chi connectivity index (χ3v) is 6.38. The van der Waals surface area contributed by atoms with Gasteiger partial charge in [-0.15, -0.1) is 0 Å². The second-order valence-corrected chi connectivity index (χ2v) is 8.31. The van der Waals surface area contributed by atoms with E-state index in [0.29, 0.717) is 28.7 Å². The van der Waals surface area contributed by atoms with Gasteiger partial charge in [-0.25, -0.2) is 4.98 Å². The molecule has 1 aliphatic heterocycles. The molecule has 6 nitrogen and oxygen atoms in total. The number of thiazole rings is 1. The summed E-state index contributed by atoms with van der Waals surface area (Å²) in [6.07, 6.45) is 2.93. The van der Waals surface area contributed by atoms with Gasteiger partial charge in [0.05, 0.1) is 37.1 Å². The van der Waals surface area contributed by atoms with Crippen LogP contribution in [-0.2, 0) is 11.2 Å². The quantitative estimate of drug-likeness (QED) is 0.548. The number of aryl methyl sites for hydroxylation is 1. The van der Waals surface area contributed by atoms with Gasteiger partial charge in [-0.1, -0.05) is 24.3 Å². The van der Waals surface area contributed by atoms with Gasteiger partial charge < -0.3 is 14.2 Å². The van der Waals surface area contributed by atoms with Gasteiger partial charge in [0.15, 0.2) is 5.13 Å². The Morgan fingerprint density at radius 1 is 1.20 bits per heavy atom. The Morgan fingerprint density at radius 3 is 2.60 bits per heavy atom. The Labute approximate surface area is 180 Å². The molecule has 0 N–H and O–H groups in total. The van der Waals surface area contributed by atoms with Crippen molar-refractivity contribution in [3.8, 4) is 11.5 Å². The van der Waals surface area contributed by atoms with E-state index in [1.165, 1.54) is 16.9 Å². The number of carbonyl (C=O) groups is 1. The van der Waals surface area contributed by atoms with Gasteiger partial charge in [0, 0.05) is 18.2 Å². The fraction of sp³-hybridized carbons (Fsp3) is 0.391. The maximum absolute atomic E-state index is 13.6. The highest BCUT2D eigenvalue weighted by atomic mass is 32.1. The molecule has 0 radical (unpaired) electrons. The predicted octanol–water partition coefficient (Wildman–Crippen LogP) is 4.70. The van der Waals surface area contributed by atoms with Crippen LogP contribution in [0.3, 0.4) is 0 Å². The van der Waals surface area contributed by atoms with Crippen molar-refractivity contribution >= 4 is 32.6 Å². The topological polar surface area (TPSA) is 60.9 Å². The highest BCUT2D eigenvalue weighted by Crippen LogP contribution is 2.33. The third kappa shape index (κ3) is 4.27. The smallest absolute Gasteiger partial charge is 0.260 e. The van der Waals surface area contributed by atoms with Crippen LogP contribution in [0.15, 0.2) is 36.4 Å². The van der Waals surface area contributed by atoms with Gasteiger partial charge in [-0.3, -0.25) is 9.69 Å². The molecule has 1 amide bonds. The molecule has 7 heteroatoms. The highest BCUT2D eigenvalue weighted by molar-refractivity contribution is 7.22. The lowest BCUT2D eigenvalue weighted by Crippen LogP contribution is -2.37. The van der Waals surface area contributed by atoms with Gasteiger partial charge >= 0.3 is 0 Å². The van der Waals surface area contributed by atoms with Crippen LogP contribution in [0.1, 0.15) is 35.7 Å². The first kappa shape index (κ1) is 20.6. The number of hydrogen-bond donors (Lipinski definition) is 0. The summed E-state index contributed by atoms with van der Waals surface area (Å²) in [5.41, 5.74) is 2.66. The lowest BCUT2D eigenvalue weighted by molar-refractivity contribution is 0.0917. The summed E-state index contributed by atoms with van der Waals surface area (Å²) in [7, 11) is 3.15. The first-order chi connectivity index (χ1) is 14.6. The molecule has 3 aromatic rings. The van der Waals surface area contributed by atoms with E-state index in [2.05, 4.69) is 19.1 Å². The summed E-state index contributed by atoms with van der Waals surface area (Å²) in [6.45, 7) is 3.34. The first-order valence-electron chi connectivity index (χ1n) is 10.2. The van der Waals surface area contributed by atoms with E-state index in [1.807, 2.05) is 6.07 Å². The molecule has 1 atom stereocenters. The van der Waals surface area contributed by atoms with Crippen LogP contribution in [0.2, 0.25) is 0 Å². The van der Waals surface area contributed by atoms with Crippen LogP contribution in [0.25, 0.3) is 10.2 Å². The van der Waals surface area contributed by atoms with E-state index < -0.39 is 0 Å². The van der Waals surface area contributed by atoms with Crippen LogP contribution < -0.4 is 14.4 Å². The number of fused-ring (bicyclic) bond motifs is 1. The second kappa shape index (κ2) is 9.02. The number of amides is 1. The van der Waals surface area contributed by atoms with E-state index >= 15 is 0 Å². The summed E-state index contributed by atoms with van der Waals surface area (Å²) >= 11 is 1.54. The minimum Gasteiger partial charge on any atom is -0.497 e. The summed E-state index contributed by atoms with van der Waals surface area (Å²) < 4.78 is 17.6. The third-order valence-electron chi connectivity index (χ3n) is 5.33. The first-order valence-corrected chi connectivity index (χ1v) is 11.0. The van der Waals surface area contributed by atoms with Crippen molar-refractivity contribution in [1.82, 2.24) is 4.98 Å². The minimum atomic E-state index is -0.141. The van der Waals surface area contributed by atoms with E-state index in [0.717, 1.165) is 36.1 Å². The van der Waals surface area contributed by atoms with Gasteiger partial charge in [0.25, 0.3) is 5.91 Å². The number of methoxy groups -OCH3 is 2. The largest absolute Gasteiger partial charge is 0.497 e. The molecule has 4 rings (SSSR count). The van der Waals surface area contributed by atoms with E-state index in [1.54, 1.807) is 37.3 Å². The molecular formula is C23H26N2O4S. The van der Waals surface area contributed by atoms with Gasteiger partial charge in [-0.05, 0) is 49.1 Å². The van der Waals surface area contributed by atoms with Gasteiger partial charge in [0.1, 0.15) is 11.5 Å². The van der Waals surface area contributed by atoms with Crippen LogP contribution in [0, 0.1) is 0 Å². The van der Waals surface area contributed by atoms with Crippen LogP contribution in [0.4, 0.5) is 5.13 Å². The maximum Gasteiger partial charge on any atom is 0.260 e. The Bertz CT molecular complexity index is 1020. The molecule has 0 spiro atoms. The molecule has 30 heavy (non-hydrogen) atoms. The zero-order valence-corrected chi connectivity index (χ0v) is 18.3. The maximum atomic E-state index is 13.6. The van der Waals surface area contributed by atoms with Crippen LogP contribution in [0.5, 0.6) is 11.5 Å². The molecule has 158 valence electrons. The van der Waals surface area contributed by atoms with Crippen LogP contribution >= 0.6 is 11.3 Å². The molecule has 1 fully saturated rings. The van der Waals surface area contributed by atoms with Crippen molar-refractivity contribution in [2.75, 3.05) is 32.3 Å². The lowest BCUT2D eigenvalue weighted by Gasteiger charge is -2.23. The average molecular weight is 427 g/mol. The molecule has 2 aromatic carbocycles. The van der Waals surface area contributed by atoms with Crippen molar-refractivity contribution in [3.63, 3.8) is 0 Å². The fourth-order valence-corrected chi connectivity index (χ4v) is 4.66. The zero-order chi connectivity index (χ0) is 21.1. The van der Waals surface area contributed by atoms with Crippen molar-refractivity contribution < 1.29 is 19.0 Å². The average Bonchev–Trinajstić information content (AvgIpc) is 3.45. The SMILES string of the molecule is CCc1ccc2nc(N(CC3CCCO3)C(=O)c3cc(OC)cc(OC)c3)sc2c1. The molecular weight excluding hydrogens is 400 g/mol. The zero-order valence-electron chi connectivity index (χ0n) is 17.5. The van der Waals surface area contributed by atoms with E-state index in [-0.39, 0.29) is 12.0 Å². The van der Waals surface area contributed by atoms with Gasteiger partial charge in [0.2, 0.25) is 0 Å². The Morgan fingerprint density at radius 2 is 1.97 bits per heavy atom. The second-order valence-electron chi connectivity index (χ2n) is 7.30. The summed E-state index contributed by atoms with van der Waals surface area (Å²) in [6, 6.07) is 11.5. The molecule has 0 saturated carbocycles. The molecule has 2 heterocycles. The van der Waals surface area contributed by atoms with Crippen LogP contribution in [-0.4, -0.2) is 44.4 Å². The number of aromatic nitrogens is 1. The number of anilines is 1. The number of nitrogens with zero attached hydrogens (tertiary/aromatic N) is 2.